The maximum Gasteiger partial charge on any atom is 0.311 e. The molecule has 0 saturated carbocycles. The minimum atomic E-state index is -0.344. The summed E-state index contributed by atoms with van der Waals surface area (Å²) in [6.07, 6.45) is 2.78. The van der Waals surface area contributed by atoms with E-state index in [-0.39, 0.29) is 18.3 Å². The summed E-state index contributed by atoms with van der Waals surface area (Å²) in [5.41, 5.74) is 4.30. The van der Waals surface area contributed by atoms with E-state index in [1.165, 1.54) is 0 Å². The maximum atomic E-state index is 12.6. The maximum absolute atomic E-state index is 12.6. The molecule has 0 aliphatic rings. The van der Waals surface area contributed by atoms with Crippen molar-refractivity contribution in [2.45, 2.75) is 53.4 Å². The number of unbranched alkanes of at least 4 members (excludes halogenated alkanes) is 1. The second-order valence-corrected chi connectivity index (χ2v) is 8.69. The zero-order valence-electron chi connectivity index (χ0n) is 21.6. The van der Waals surface area contributed by atoms with Gasteiger partial charge in [-0.2, -0.15) is 0 Å². The molecule has 6 heteroatoms. The summed E-state index contributed by atoms with van der Waals surface area (Å²) in [5, 5.41) is 2.93. The van der Waals surface area contributed by atoms with Gasteiger partial charge in [0.2, 0.25) is 0 Å². The Morgan fingerprint density at radius 1 is 0.861 bits per heavy atom. The highest BCUT2D eigenvalue weighted by atomic mass is 16.5. The van der Waals surface area contributed by atoms with Crippen LogP contribution in [0.15, 0.2) is 60.7 Å². The van der Waals surface area contributed by atoms with E-state index in [2.05, 4.69) is 12.2 Å². The Morgan fingerprint density at radius 2 is 1.64 bits per heavy atom. The number of amides is 1. The molecule has 0 heterocycles. The first-order valence-corrected chi connectivity index (χ1v) is 12.5. The summed E-state index contributed by atoms with van der Waals surface area (Å²) >= 11 is 0. The Bertz CT molecular complexity index is 1170. The standard InChI is InChI=1S/C30H35NO5/c1-5-7-18-35-27-16-10-23(20-28(27)34-6-2)11-17-29(32)36-25-14-12-24(13-15-25)30(33)31-26-19-21(3)8-9-22(26)4/h8-10,12-16,19-20H,5-7,11,17-18H2,1-4H3,(H,31,33). The quantitative estimate of drug-likeness (QED) is 0.175. The van der Waals surface area contributed by atoms with Gasteiger partial charge in [0.1, 0.15) is 5.75 Å². The molecular formula is C30H35NO5. The average molecular weight is 490 g/mol. The lowest BCUT2D eigenvalue weighted by Crippen LogP contribution is -2.13. The minimum absolute atomic E-state index is 0.214. The van der Waals surface area contributed by atoms with Gasteiger partial charge in [0.15, 0.2) is 11.5 Å². The van der Waals surface area contributed by atoms with Crippen LogP contribution in [0.5, 0.6) is 17.2 Å². The molecule has 6 nitrogen and oxygen atoms in total. The van der Waals surface area contributed by atoms with E-state index < -0.39 is 0 Å². The molecule has 0 spiro atoms. The van der Waals surface area contributed by atoms with Crippen molar-refractivity contribution >= 4 is 17.6 Å². The monoisotopic (exact) mass is 489 g/mol. The fourth-order valence-electron chi connectivity index (χ4n) is 3.59. The third-order valence-electron chi connectivity index (χ3n) is 5.67. The summed E-state index contributed by atoms with van der Waals surface area (Å²) in [4.78, 5) is 25.0. The molecule has 0 atom stereocenters. The summed E-state index contributed by atoms with van der Waals surface area (Å²) in [6, 6.07) is 18.2. The highest BCUT2D eigenvalue weighted by Gasteiger charge is 2.12. The molecule has 36 heavy (non-hydrogen) atoms. The molecule has 0 saturated heterocycles. The molecule has 0 aromatic heterocycles. The van der Waals surface area contributed by atoms with E-state index in [0.29, 0.717) is 36.7 Å². The molecular weight excluding hydrogens is 454 g/mol. The molecule has 0 unspecified atom stereocenters. The van der Waals surface area contributed by atoms with Gasteiger partial charge in [0.05, 0.1) is 13.2 Å². The van der Waals surface area contributed by atoms with Crippen LogP contribution in [0.25, 0.3) is 0 Å². The zero-order valence-corrected chi connectivity index (χ0v) is 21.6. The number of benzene rings is 3. The lowest BCUT2D eigenvalue weighted by molar-refractivity contribution is -0.134. The van der Waals surface area contributed by atoms with E-state index in [1.54, 1.807) is 24.3 Å². The van der Waals surface area contributed by atoms with E-state index >= 15 is 0 Å². The molecule has 3 rings (SSSR count). The van der Waals surface area contributed by atoms with Crippen LogP contribution >= 0.6 is 0 Å². The van der Waals surface area contributed by atoms with Gasteiger partial charge in [-0.05, 0) is 92.8 Å². The average Bonchev–Trinajstić information content (AvgIpc) is 2.87. The van der Waals surface area contributed by atoms with Crippen LogP contribution in [0.1, 0.15) is 60.2 Å². The van der Waals surface area contributed by atoms with Gasteiger partial charge in [0.25, 0.3) is 5.91 Å². The number of esters is 1. The van der Waals surface area contributed by atoms with Crippen LogP contribution in [0.2, 0.25) is 0 Å². The Labute approximate surface area is 213 Å². The predicted octanol–water partition coefficient (Wildman–Crippen LogP) is 6.67. The van der Waals surface area contributed by atoms with Gasteiger partial charge in [-0.3, -0.25) is 9.59 Å². The van der Waals surface area contributed by atoms with Crippen LogP contribution < -0.4 is 19.5 Å². The van der Waals surface area contributed by atoms with Crippen molar-refractivity contribution in [2.75, 3.05) is 18.5 Å². The molecule has 1 N–H and O–H groups in total. The van der Waals surface area contributed by atoms with Crippen LogP contribution in [0.3, 0.4) is 0 Å². The van der Waals surface area contributed by atoms with Gasteiger partial charge in [-0.15, -0.1) is 0 Å². The second-order valence-electron chi connectivity index (χ2n) is 8.69. The van der Waals surface area contributed by atoms with Crippen molar-refractivity contribution in [3.8, 4) is 17.2 Å². The van der Waals surface area contributed by atoms with Gasteiger partial charge in [-0.1, -0.05) is 31.5 Å². The SMILES string of the molecule is CCCCOc1ccc(CCC(=O)Oc2ccc(C(=O)Nc3cc(C)ccc3C)cc2)cc1OCC. The Hall–Kier alpha value is -3.80. The van der Waals surface area contributed by atoms with E-state index in [0.717, 1.165) is 41.0 Å². The summed E-state index contributed by atoms with van der Waals surface area (Å²) in [7, 11) is 0. The third kappa shape index (κ3) is 7.87. The molecule has 3 aromatic rings. The zero-order chi connectivity index (χ0) is 25.9. The van der Waals surface area contributed by atoms with Crippen molar-refractivity contribution < 1.29 is 23.8 Å². The number of carbonyl (C=O) groups excluding carboxylic acids is 2. The number of ether oxygens (including phenoxy) is 3. The number of nitrogens with one attached hydrogen (secondary N) is 1. The third-order valence-corrected chi connectivity index (χ3v) is 5.67. The highest BCUT2D eigenvalue weighted by Crippen LogP contribution is 2.29. The number of hydrogen-bond acceptors (Lipinski definition) is 5. The topological polar surface area (TPSA) is 73.9 Å². The normalized spacial score (nSPS) is 10.6. The van der Waals surface area contributed by atoms with Crippen molar-refractivity contribution in [1.29, 1.82) is 0 Å². The number of aryl methyl sites for hydroxylation is 3. The molecule has 1 amide bonds. The summed E-state index contributed by atoms with van der Waals surface area (Å²) in [6.45, 7) is 9.16. The van der Waals surface area contributed by atoms with E-state index in [4.69, 9.17) is 14.2 Å². The predicted molar refractivity (Wildman–Crippen MR) is 142 cm³/mol. The molecule has 3 aromatic carbocycles. The van der Waals surface area contributed by atoms with Gasteiger partial charge < -0.3 is 19.5 Å². The van der Waals surface area contributed by atoms with Crippen molar-refractivity contribution in [3.63, 3.8) is 0 Å². The molecule has 0 radical (unpaired) electrons. The summed E-state index contributed by atoms with van der Waals surface area (Å²) < 4.78 is 17.0. The number of carbonyl (C=O) groups is 2. The minimum Gasteiger partial charge on any atom is -0.490 e. The number of rotatable bonds is 12. The van der Waals surface area contributed by atoms with Crippen molar-refractivity contribution in [2.24, 2.45) is 0 Å². The summed E-state index contributed by atoms with van der Waals surface area (Å²) in [5.74, 6) is 1.25. The Balaban J connectivity index is 1.53. The van der Waals surface area contributed by atoms with Crippen molar-refractivity contribution in [3.05, 3.63) is 82.9 Å². The first-order valence-electron chi connectivity index (χ1n) is 12.5. The lowest BCUT2D eigenvalue weighted by Gasteiger charge is -2.13. The Kier molecular flexibility index (Phi) is 9.92. The fourth-order valence-corrected chi connectivity index (χ4v) is 3.59. The number of hydrogen-bond donors (Lipinski definition) is 1. The molecule has 0 aliphatic carbocycles. The van der Waals surface area contributed by atoms with Crippen LogP contribution in [0.4, 0.5) is 5.69 Å². The largest absolute Gasteiger partial charge is 0.490 e. The second kappa shape index (κ2) is 13.3. The molecule has 0 bridgehead atoms. The Morgan fingerprint density at radius 3 is 2.36 bits per heavy atom. The fraction of sp³-hybridized carbons (Fsp3) is 0.333. The van der Waals surface area contributed by atoms with Gasteiger partial charge >= 0.3 is 5.97 Å². The first kappa shape index (κ1) is 26.8. The molecule has 0 aliphatic heterocycles. The van der Waals surface area contributed by atoms with Gasteiger partial charge in [0, 0.05) is 17.7 Å². The lowest BCUT2D eigenvalue weighted by atomic mass is 10.1. The van der Waals surface area contributed by atoms with Crippen molar-refractivity contribution in [1.82, 2.24) is 0 Å². The van der Waals surface area contributed by atoms with E-state index in [9.17, 15) is 9.59 Å². The highest BCUT2D eigenvalue weighted by molar-refractivity contribution is 6.04. The van der Waals surface area contributed by atoms with Gasteiger partial charge in [-0.25, -0.2) is 0 Å². The smallest absolute Gasteiger partial charge is 0.311 e. The first-order chi connectivity index (χ1) is 17.4. The molecule has 0 fully saturated rings. The van der Waals surface area contributed by atoms with Crippen LogP contribution in [-0.2, 0) is 11.2 Å². The molecule has 190 valence electrons. The van der Waals surface area contributed by atoms with E-state index in [1.807, 2.05) is 57.2 Å². The number of anilines is 1. The van der Waals surface area contributed by atoms with Crippen LogP contribution in [0, 0.1) is 13.8 Å². The van der Waals surface area contributed by atoms with Crippen LogP contribution in [-0.4, -0.2) is 25.1 Å².